The number of hydrogen-bond acceptors (Lipinski definition) is 5. The molecule has 2 saturated heterocycles. The average molecular weight is 398 g/mol. The van der Waals surface area contributed by atoms with Crippen LogP contribution in [0, 0.1) is 5.92 Å². The van der Waals surface area contributed by atoms with Gasteiger partial charge in [0.25, 0.3) is 11.8 Å². The van der Waals surface area contributed by atoms with Crippen molar-refractivity contribution < 1.29 is 23.5 Å². The average Bonchev–Trinajstić information content (AvgIpc) is 3.33. The van der Waals surface area contributed by atoms with E-state index in [9.17, 15) is 9.59 Å². The third-order valence-electron chi connectivity index (χ3n) is 5.42. The fourth-order valence-corrected chi connectivity index (χ4v) is 3.80. The maximum atomic E-state index is 12.5. The number of nitrogens with zero attached hydrogens (tertiary/aromatic N) is 2. The molecule has 0 bridgehead atoms. The third-order valence-corrected chi connectivity index (χ3v) is 5.42. The lowest BCUT2D eigenvalue weighted by Gasteiger charge is -2.32. The minimum atomic E-state index is -0.0642. The zero-order chi connectivity index (χ0) is 20.1. The largest absolute Gasteiger partial charge is 0.493 e. The predicted molar refractivity (Wildman–Crippen MR) is 106 cm³/mol. The van der Waals surface area contributed by atoms with Crippen molar-refractivity contribution in [2.45, 2.75) is 12.8 Å². The molecule has 0 spiro atoms. The van der Waals surface area contributed by atoms with Crippen molar-refractivity contribution in [3.8, 4) is 5.75 Å². The van der Waals surface area contributed by atoms with Gasteiger partial charge in [0, 0.05) is 37.7 Å². The molecule has 0 radical (unpaired) electrons. The van der Waals surface area contributed by atoms with Crippen molar-refractivity contribution >= 4 is 11.8 Å². The lowest BCUT2D eigenvalue weighted by molar-refractivity contribution is 0.0303. The maximum Gasteiger partial charge on any atom is 0.289 e. The molecule has 0 aliphatic carbocycles. The Kier molecular flexibility index (Phi) is 6.14. The number of piperidine rings is 1. The van der Waals surface area contributed by atoms with Gasteiger partial charge < -0.3 is 23.7 Å². The first-order valence-corrected chi connectivity index (χ1v) is 10.1. The summed E-state index contributed by atoms with van der Waals surface area (Å²) in [5, 5.41) is 0. The van der Waals surface area contributed by atoms with Crippen molar-refractivity contribution in [1.29, 1.82) is 0 Å². The summed E-state index contributed by atoms with van der Waals surface area (Å²) in [7, 11) is 0. The minimum Gasteiger partial charge on any atom is -0.493 e. The number of benzene rings is 1. The number of hydrogen-bond donors (Lipinski definition) is 0. The van der Waals surface area contributed by atoms with Crippen molar-refractivity contribution in [3.05, 3.63) is 54.0 Å². The van der Waals surface area contributed by atoms with Gasteiger partial charge in [-0.2, -0.15) is 0 Å². The Labute approximate surface area is 170 Å². The first kappa shape index (κ1) is 19.5. The number of rotatable bonds is 5. The molecule has 2 aromatic rings. The summed E-state index contributed by atoms with van der Waals surface area (Å²) < 4.78 is 16.5. The Bertz CT molecular complexity index is 812. The zero-order valence-corrected chi connectivity index (χ0v) is 16.4. The van der Waals surface area contributed by atoms with Crippen LogP contribution in [0.1, 0.15) is 33.8 Å². The van der Waals surface area contributed by atoms with Gasteiger partial charge in [0.15, 0.2) is 5.76 Å². The van der Waals surface area contributed by atoms with E-state index < -0.39 is 0 Å². The zero-order valence-electron chi connectivity index (χ0n) is 16.4. The predicted octanol–water partition coefficient (Wildman–Crippen LogP) is 2.68. The summed E-state index contributed by atoms with van der Waals surface area (Å²) in [5.41, 5.74) is 0.659. The Morgan fingerprint density at radius 2 is 1.79 bits per heavy atom. The molecular formula is C22H26N2O5. The second kappa shape index (κ2) is 9.13. The molecule has 154 valence electrons. The third kappa shape index (κ3) is 4.79. The molecule has 3 heterocycles. The molecule has 29 heavy (non-hydrogen) atoms. The molecule has 2 amide bonds. The van der Waals surface area contributed by atoms with Gasteiger partial charge in [-0.05, 0) is 49.2 Å². The molecule has 0 saturated carbocycles. The van der Waals surface area contributed by atoms with Crippen LogP contribution in [0.2, 0.25) is 0 Å². The van der Waals surface area contributed by atoms with Crippen LogP contribution in [0.5, 0.6) is 5.75 Å². The van der Waals surface area contributed by atoms with Gasteiger partial charge in [-0.25, -0.2) is 0 Å². The first-order chi connectivity index (χ1) is 14.2. The Balaban J connectivity index is 1.28. The molecule has 7 heteroatoms. The molecule has 2 aliphatic rings. The van der Waals surface area contributed by atoms with E-state index in [0.29, 0.717) is 50.8 Å². The van der Waals surface area contributed by atoms with Crippen molar-refractivity contribution in [1.82, 2.24) is 9.80 Å². The molecule has 1 atom stereocenters. The Hall–Kier alpha value is -2.80. The lowest BCUT2D eigenvalue weighted by Crippen LogP contribution is -2.41. The molecule has 1 aromatic carbocycles. The molecule has 0 unspecified atom stereocenters. The SMILES string of the molecule is O=C(c1ccc(OC[C@H]2CCCN(C(=O)c3ccco3)C2)cc1)N1CCOCC1. The van der Waals surface area contributed by atoms with Gasteiger partial charge in [0.05, 0.1) is 26.1 Å². The van der Waals surface area contributed by atoms with E-state index in [1.54, 1.807) is 24.3 Å². The fraction of sp³-hybridized carbons (Fsp3) is 0.455. The molecule has 2 aliphatic heterocycles. The van der Waals surface area contributed by atoms with Gasteiger partial charge in [-0.3, -0.25) is 9.59 Å². The number of amides is 2. The second-order valence-corrected chi connectivity index (χ2v) is 7.48. The highest BCUT2D eigenvalue weighted by Gasteiger charge is 2.26. The minimum absolute atomic E-state index is 0.0270. The number of ether oxygens (including phenoxy) is 2. The first-order valence-electron chi connectivity index (χ1n) is 10.1. The monoisotopic (exact) mass is 398 g/mol. The van der Waals surface area contributed by atoms with Crippen molar-refractivity contribution in [3.63, 3.8) is 0 Å². The van der Waals surface area contributed by atoms with Crippen LogP contribution in [0.3, 0.4) is 0 Å². The van der Waals surface area contributed by atoms with Crippen LogP contribution in [-0.4, -0.2) is 67.6 Å². The van der Waals surface area contributed by atoms with Crippen molar-refractivity contribution in [2.24, 2.45) is 5.92 Å². The van der Waals surface area contributed by atoms with Gasteiger partial charge in [0.2, 0.25) is 0 Å². The molecular weight excluding hydrogens is 372 g/mol. The number of morpholine rings is 1. The van der Waals surface area contributed by atoms with E-state index in [1.165, 1.54) is 6.26 Å². The lowest BCUT2D eigenvalue weighted by atomic mass is 9.98. The Morgan fingerprint density at radius 1 is 1.00 bits per heavy atom. The standard InChI is InChI=1S/C22H26N2O5/c25-21(23-10-13-27-14-11-23)18-5-7-19(8-6-18)29-16-17-3-1-9-24(15-17)22(26)20-4-2-12-28-20/h2,4-8,12,17H,1,3,9-11,13-16H2/t17-/m0/s1. The van der Waals surface area contributed by atoms with Gasteiger partial charge in [-0.15, -0.1) is 0 Å². The van der Waals surface area contributed by atoms with E-state index in [0.717, 1.165) is 25.1 Å². The van der Waals surface area contributed by atoms with Crippen LogP contribution < -0.4 is 4.74 Å². The number of furan rings is 1. The highest BCUT2D eigenvalue weighted by molar-refractivity contribution is 5.94. The highest BCUT2D eigenvalue weighted by atomic mass is 16.5. The van der Waals surface area contributed by atoms with E-state index in [2.05, 4.69) is 0 Å². The summed E-state index contributed by atoms with van der Waals surface area (Å²) in [6, 6.07) is 10.7. The summed E-state index contributed by atoms with van der Waals surface area (Å²) in [5.74, 6) is 1.35. The van der Waals surface area contributed by atoms with Gasteiger partial charge in [-0.1, -0.05) is 0 Å². The quantitative estimate of drug-likeness (QED) is 0.774. The van der Waals surface area contributed by atoms with E-state index >= 15 is 0 Å². The number of likely N-dealkylation sites (tertiary alicyclic amines) is 1. The maximum absolute atomic E-state index is 12.5. The topological polar surface area (TPSA) is 72.2 Å². The molecule has 4 rings (SSSR count). The molecule has 7 nitrogen and oxygen atoms in total. The van der Waals surface area contributed by atoms with Crippen molar-refractivity contribution in [2.75, 3.05) is 46.0 Å². The van der Waals surface area contributed by atoms with Gasteiger partial charge in [0.1, 0.15) is 5.75 Å². The number of carbonyl (C=O) groups excluding carboxylic acids is 2. The van der Waals surface area contributed by atoms with E-state index in [4.69, 9.17) is 13.9 Å². The van der Waals surface area contributed by atoms with E-state index in [1.807, 2.05) is 21.9 Å². The second-order valence-electron chi connectivity index (χ2n) is 7.48. The van der Waals surface area contributed by atoms with E-state index in [-0.39, 0.29) is 17.7 Å². The smallest absolute Gasteiger partial charge is 0.289 e. The molecule has 2 fully saturated rings. The Morgan fingerprint density at radius 3 is 2.52 bits per heavy atom. The molecule has 1 aromatic heterocycles. The van der Waals surface area contributed by atoms with Crippen LogP contribution in [0.15, 0.2) is 47.1 Å². The van der Waals surface area contributed by atoms with Crippen LogP contribution in [0.25, 0.3) is 0 Å². The fourth-order valence-electron chi connectivity index (χ4n) is 3.80. The summed E-state index contributed by atoms with van der Waals surface area (Å²) >= 11 is 0. The van der Waals surface area contributed by atoms with Crippen LogP contribution in [-0.2, 0) is 4.74 Å². The van der Waals surface area contributed by atoms with Gasteiger partial charge >= 0.3 is 0 Å². The van der Waals surface area contributed by atoms with Crippen LogP contribution in [0.4, 0.5) is 0 Å². The highest BCUT2D eigenvalue weighted by Crippen LogP contribution is 2.21. The summed E-state index contributed by atoms with van der Waals surface area (Å²) in [4.78, 5) is 28.6. The summed E-state index contributed by atoms with van der Waals surface area (Å²) in [6.45, 7) is 4.39. The summed E-state index contributed by atoms with van der Waals surface area (Å²) in [6.07, 6.45) is 3.49. The normalized spacial score (nSPS) is 19.8. The molecule has 0 N–H and O–H groups in total. The van der Waals surface area contributed by atoms with Crippen LogP contribution >= 0.6 is 0 Å². The number of carbonyl (C=O) groups is 2.